The first-order chi connectivity index (χ1) is 14.3. The molecule has 0 saturated heterocycles. The van der Waals surface area contributed by atoms with Crippen LogP contribution in [0.2, 0.25) is 0 Å². The van der Waals surface area contributed by atoms with Gasteiger partial charge in [0.05, 0.1) is 0 Å². The van der Waals surface area contributed by atoms with E-state index in [1.54, 1.807) is 0 Å². The Morgan fingerprint density at radius 3 is 2.10 bits per heavy atom. The van der Waals surface area contributed by atoms with Gasteiger partial charge in [-0.2, -0.15) is 0 Å². The molecule has 0 aromatic carbocycles. The largest absolute Gasteiger partial charge is 0.396 e. The second kappa shape index (κ2) is 13.8. The van der Waals surface area contributed by atoms with Gasteiger partial charge in [-0.3, -0.25) is 4.79 Å². The molecule has 0 aliphatic heterocycles. The highest BCUT2D eigenvalue weighted by Crippen LogP contribution is 2.66. The number of fused-ring (bicyclic) bond motifs is 5. The van der Waals surface area contributed by atoms with Gasteiger partial charge in [-0.25, -0.2) is 0 Å². The first kappa shape index (κ1) is 30.4. The molecule has 31 heavy (non-hydrogen) atoms. The minimum Gasteiger partial charge on any atom is -0.396 e. The summed E-state index contributed by atoms with van der Waals surface area (Å²) in [5, 5.41) is 7.88. The molecule has 2 heteroatoms. The Labute approximate surface area is 195 Å². The van der Waals surface area contributed by atoms with Crippen molar-refractivity contribution in [3.8, 4) is 0 Å². The lowest BCUT2D eigenvalue weighted by Crippen LogP contribution is -2.47. The molecule has 3 fully saturated rings. The fraction of sp³-hybridized carbons (Fsp3) is 0.897. The van der Waals surface area contributed by atoms with E-state index in [2.05, 4.69) is 27.7 Å². The van der Waals surface area contributed by atoms with Crippen molar-refractivity contribution in [2.75, 3.05) is 6.61 Å². The van der Waals surface area contributed by atoms with Crippen molar-refractivity contribution in [3.05, 3.63) is 11.6 Å². The quantitative estimate of drug-likeness (QED) is 0.448. The Balaban J connectivity index is 0.000000887. The summed E-state index contributed by atoms with van der Waals surface area (Å²) in [7, 11) is 0. The minimum absolute atomic E-state index is 0. The Kier molecular flexibility index (Phi) is 13.5. The number of ketones is 1. The van der Waals surface area contributed by atoms with Crippen molar-refractivity contribution in [3.63, 3.8) is 0 Å². The maximum Gasteiger partial charge on any atom is 0.155 e. The lowest BCUT2D eigenvalue weighted by atomic mass is 9.50. The van der Waals surface area contributed by atoms with Crippen molar-refractivity contribution in [1.29, 1.82) is 0 Å². The Morgan fingerprint density at radius 2 is 1.55 bits per heavy atom. The van der Waals surface area contributed by atoms with E-state index < -0.39 is 0 Å². The first-order valence-corrected chi connectivity index (χ1v) is 13.2. The standard InChI is InChI=1S/C21H32O.C3H8O.2C2H6.CH4/c1-12-13(2)20-19-7-5-15-11-16(22)6-8-17(15)18(19)9-10-21(20,4)14(12)3;1-2-3-4;2*1-2;/h11-14,17-20H,5-10H2,1-4H3;4H,2-3H2,1H3;2*1-2H3;1H4. The smallest absolute Gasteiger partial charge is 0.155 e. The third-order valence-corrected chi connectivity index (χ3v) is 9.04. The fourth-order valence-corrected chi connectivity index (χ4v) is 7.36. The van der Waals surface area contributed by atoms with Gasteiger partial charge in [-0.15, -0.1) is 0 Å². The molecule has 184 valence electrons. The van der Waals surface area contributed by atoms with Gasteiger partial charge in [0.15, 0.2) is 5.78 Å². The summed E-state index contributed by atoms with van der Waals surface area (Å²) in [5.74, 6) is 6.50. The molecule has 8 atom stereocenters. The van der Waals surface area contributed by atoms with Crippen LogP contribution in [-0.2, 0) is 4.79 Å². The molecule has 0 spiro atoms. The summed E-state index contributed by atoms with van der Waals surface area (Å²) in [6.07, 6.45) is 10.3. The molecule has 8 unspecified atom stereocenters. The monoisotopic (exact) mass is 436 g/mol. The third-order valence-electron chi connectivity index (χ3n) is 9.04. The molecule has 3 saturated carbocycles. The minimum atomic E-state index is 0. The maximum absolute atomic E-state index is 11.8. The number of rotatable bonds is 1. The van der Waals surface area contributed by atoms with Crippen LogP contribution >= 0.6 is 0 Å². The van der Waals surface area contributed by atoms with Crippen molar-refractivity contribution in [1.82, 2.24) is 0 Å². The van der Waals surface area contributed by atoms with E-state index in [-0.39, 0.29) is 7.43 Å². The van der Waals surface area contributed by atoms with Gasteiger partial charge >= 0.3 is 0 Å². The van der Waals surface area contributed by atoms with Gasteiger partial charge in [0.2, 0.25) is 0 Å². The number of allylic oxidation sites excluding steroid dienone is 1. The summed E-state index contributed by atoms with van der Waals surface area (Å²) >= 11 is 0. The average Bonchev–Trinajstić information content (AvgIpc) is 2.96. The van der Waals surface area contributed by atoms with Gasteiger partial charge in [0.25, 0.3) is 0 Å². The van der Waals surface area contributed by atoms with E-state index >= 15 is 0 Å². The summed E-state index contributed by atoms with van der Waals surface area (Å²) in [5.41, 5.74) is 2.10. The number of hydrogen-bond donors (Lipinski definition) is 1. The van der Waals surface area contributed by atoms with Gasteiger partial charge in [-0.1, -0.05) is 75.3 Å². The molecular weight excluding hydrogens is 380 g/mol. The molecule has 0 radical (unpaired) electrons. The Morgan fingerprint density at radius 1 is 0.968 bits per heavy atom. The van der Waals surface area contributed by atoms with E-state index in [0.29, 0.717) is 17.8 Å². The lowest BCUT2D eigenvalue weighted by Gasteiger charge is -2.54. The molecule has 4 rings (SSSR count). The predicted octanol–water partition coefficient (Wildman–Crippen LogP) is 8.33. The van der Waals surface area contributed by atoms with Crippen LogP contribution in [-0.4, -0.2) is 17.5 Å². The highest BCUT2D eigenvalue weighted by atomic mass is 16.2. The van der Waals surface area contributed by atoms with Crippen LogP contribution in [0.25, 0.3) is 0 Å². The summed E-state index contributed by atoms with van der Waals surface area (Å²) in [6, 6.07) is 0. The van der Waals surface area contributed by atoms with E-state index in [9.17, 15) is 4.79 Å². The predicted molar refractivity (Wildman–Crippen MR) is 137 cm³/mol. The molecule has 4 aliphatic carbocycles. The van der Waals surface area contributed by atoms with Crippen LogP contribution in [0, 0.1) is 46.8 Å². The summed E-state index contributed by atoms with van der Waals surface area (Å²) in [4.78, 5) is 11.8. The third kappa shape index (κ3) is 6.04. The van der Waals surface area contributed by atoms with Crippen molar-refractivity contribution in [2.24, 2.45) is 46.8 Å². The van der Waals surface area contributed by atoms with E-state index in [0.717, 1.165) is 60.7 Å². The van der Waals surface area contributed by atoms with Crippen LogP contribution in [0.3, 0.4) is 0 Å². The van der Waals surface area contributed by atoms with E-state index in [1.165, 1.54) is 31.3 Å². The summed E-state index contributed by atoms with van der Waals surface area (Å²) in [6.45, 7) is 20.4. The van der Waals surface area contributed by atoms with Crippen LogP contribution in [0.15, 0.2) is 11.6 Å². The highest BCUT2D eigenvalue weighted by Gasteiger charge is 2.59. The highest BCUT2D eigenvalue weighted by molar-refractivity contribution is 5.91. The zero-order valence-electron chi connectivity index (χ0n) is 21.6. The van der Waals surface area contributed by atoms with Crippen LogP contribution in [0.5, 0.6) is 0 Å². The zero-order valence-corrected chi connectivity index (χ0v) is 21.6. The topological polar surface area (TPSA) is 37.3 Å². The molecule has 0 aromatic rings. The van der Waals surface area contributed by atoms with Crippen LogP contribution < -0.4 is 0 Å². The van der Waals surface area contributed by atoms with E-state index in [4.69, 9.17) is 5.11 Å². The van der Waals surface area contributed by atoms with Gasteiger partial charge < -0.3 is 5.11 Å². The molecule has 0 amide bonds. The van der Waals surface area contributed by atoms with Crippen molar-refractivity contribution in [2.45, 2.75) is 115 Å². The zero-order chi connectivity index (χ0) is 23.1. The van der Waals surface area contributed by atoms with E-state index in [1.807, 2.05) is 40.7 Å². The fourth-order valence-electron chi connectivity index (χ4n) is 7.36. The molecule has 0 bridgehead atoms. The average molecular weight is 437 g/mol. The SMILES string of the molecule is C.CC.CC.CC1C(C)C2C3CCC4=CC(=O)CCC4C3CCC2(C)C1C.CCCO. The molecule has 0 heterocycles. The van der Waals surface area contributed by atoms with Gasteiger partial charge in [0.1, 0.15) is 0 Å². The molecule has 0 aromatic heterocycles. The maximum atomic E-state index is 11.8. The number of hydrogen-bond acceptors (Lipinski definition) is 2. The lowest BCUT2D eigenvalue weighted by molar-refractivity contribution is -0.116. The second-order valence-corrected chi connectivity index (χ2v) is 10.00. The number of aliphatic hydroxyl groups is 1. The normalized spacial score (nSPS) is 39.9. The second-order valence-electron chi connectivity index (χ2n) is 10.00. The molecule has 1 N–H and O–H groups in total. The molecule has 4 aliphatic rings. The number of carbonyl (C=O) groups is 1. The Bertz CT molecular complexity index is 549. The van der Waals surface area contributed by atoms with Gasteiger partial charge in [0, 0.05) is 13.0 Å². The molecular formula is C29H56O2. The van der Waals surface area contributed by atoms with Crippen LogP contribution in [0.1, 0.15) is 115 Å². The van der Waals surface area contributed by atoms with Crippen molar-refractivity contribution >= 4 is 5.78 Å². The van der Waals surface area contributed by atoms with Gasteiger partial charge in [-0.05, 0) is 91.4 Å². The summed E-state index contributed by atoms with van der Waals surface area (Å²) < 4.78 is 0. The number of aliphatic hydroxyl groups excluding tert-OH is 1. The first-order valence-electron chi connectivity index (χ1n) is 13.2. The van der Waals surface area contributed by atoms with Crippen LogP contribution in [0.4, 0.5) is 0 Å². The molecule has 2 nitrogen and oxygen atoms in total. The Hall–Kier alpha value is -0.630. The number of carbonyl (C=O) groups excluding carboxylic acids is 1. The van der Waals surface area contributed by atoms with Crippen molar-refractivity contribution < 1.29 is 9.90 Å².